The third-order valence-electron chi connectivity index (χ3n) is 5.86. The van der Waals surface area contributed by atoms with E-state index in [9.17, 15) is 19.8 Å². The summed E-state index contributed by atoms with van der Waals surface area (Å²) in [6.45, 7) is 9.61. The lowest BCUT2D eigenvalue weighted by atomic mass is 9.88. The molecule has 3 aromatic rings. The first kappa shape index (κ1) is 22.8. The van der Waals surface area contributed by atoms with E-state index in [0.717, 1.165) is 29.7 Å². The number of hydrogen-bond donors (Lipinski definition) is 2. The summed E-state index contributed by atoms with van der Waals surface area (Å²) in [5.74, 6) is -1.40. The molecule has 1 aliphatic rings. The van der Waals surface area contributed by atoms with Crippen LogP contribution in [-0.2, 0) is 16.0 Å². The fraction of sp³-hybridized carbons (Fsp3) is 0.400. The van der Waals surface area contributed by atoms with Crippen LogP contribution in [0.15, 0.2) is 24.4 Å². The summed E-state index contributed by atoms with van der Waals surface area (Å²) in [7, 11) is 0. The molecule has 0 aliphatic carbocycles. The number of rotatable bonds is 5. The molecule has 8 nitrogen and oxygen atoms in total. The van der Waals surface area contributed by atoms with Crippen molar-refractivity contribution in [2.45, 2.75) is 59.2 Å². The van der Waals surface area contributed by atoms with E-state index in [4.69, 9.17) is 9.47 Å². The fourth-order valence-corrected chi connectivity index (χ4v) is 4.53. The Morgan fingerprint density at radius 1 is 1.21 bits per heavy atom. The number of hydrogen-bond acceptors (Lipinski definition) is 5. The molecule has 3 heterocycles. The number of pyridine rings is 1. The van der Waals surface area contributed by atoms with Crippen molar-refractivity contribution >= 4 is 17.5 Å². The Kier molecular flexibility index (Phi) is 5.66. The van der Waals surface area contributed by atoms with Gasteiger partial charge in [0.25, 0.3) is 0 Å². The lowest BCUT2D eigenvalue weighted by molar-refractivity contribution is -0.160. The highest BCUT2D eigenvalue weighted by Gasteiger charge is 2.34. The first-order chi connectivity index (χ1) is 15.5. The van der Waals surface area contributed by atoms with Crippen molar-refractivity contribution in [1.29, 1.82) is 0 Å². The van der Waals surface area contributed by atoms with Crippen molar-refractivity contribution < 1.29 is 29.3 Å². The maximum absolute atomic E-state index is 12.4. The summed E-state index contributed by atoms with van der Waals surface area (Å²) in [6.07, 6.45) is 1.78. The molecule has 1 atom stereocenters. The number of nitrogens with zero attached hydrogens (tertiary/aromatic N) is 2. The van der Waals surface area contributed by atoms with Gasteiger partial charge >= 0.3 is 11.9 Å². The van der Waals surface area contributed by atoms with Crippen molar-refractivity contribution in [1.82, 2.24) is 9.61 Å². The van der Waals surface area contributed by atoms with E-state index in [1.165, 1.54) is 10.7 Å². The van der Waals surface area contributed by atoms with Crippen LogP contribution in [0.4, 0.5) is 0 Å². The van der Waals surface area contributed by atoms with Crippen molar-refractivity contribution in [2.75, 3.05) is 6.61 Å². The van der Waals surface area contributed by atoms with Gasteiger partial charge in [-0.05, 0) is 81.8 Å². The number of fused-ring (bicyclic) bond motifs is 2. The van der Waals surface area contributed by atoms with Crippen LogP contribution in [0, 0.1) is 13.8 Å². The molecule has 1 aliphatic heterocycles. The van der Waals surface area contributed by atoms with Crippen molar-refractivity contribution in [3.63, 3.8) is 0 Å². The molecule has 33 heavy (non-hydrogen) atoms. The lowest BCUT2D eigenvalue weighted by Crippen LogP contribution is -2.29. The van der Waals surface area contributed by atoms with Crippen LogP contribution < -0.4 is 4.74 Å². The van der Waals surface area contributed by atoms with Gasteiger partial charge in [-0.2, -0.15) is 5.10 Å². The van der Waals surface area contributed by atoms with E-state index >= 15 is 0 Å². The number of aliphatic carboxylic acids is 1. The Bertz CT molecular complexity index is 1270. The standard InChI is InChI=1S/C25H28N2O6/c1-13-19(16-8-9-18-15(11-16)7-6-10-32-18)20(22(24(30)31)33-25(3,4)5)14(2)27-21(13)17(12-26-27)23(28)29/h8-9,11-12,22H,6-7,10H2,1-5H3,(H,28,29)(H,30,31)/t22-/m0/s1. The van der Waals surface area contributed by atoms with Gasteiger partial charge < -0.3 is 19.7 Å². The molecule has 8 heteroatoms. The molecule has 0 fully saturated rings. The Balaban J connectivity index is 2.09. The third kappa shape index (κ3) is 4.06. The Morgan fingerprint density at radius 2 is 1.94 bits per heavy atom. The van der Waals surface area contributed by atoms with E-state index < -0.39 is 23.6 Å². The second-order valence-corrected chi connectivity index (χ2v) is 9.35. The summed E-state index contributed by atoms with van der Waals surface area (Å²) < 4.78 is 13.3. The van der Waals surface area contributed by atoms with Gasteiger partial charge in [-0.25, -0.2) is 14.1 Å². The molecule has 2 aromatic heterocycles. The third-order valence-corrected chi connectivity index (χ3v) is 5.86. The molecule has 2 N–H and O–H groups in total. The Morgan fingerprint density at radius 3 is 2.58 bits per heavy atom. The number of aromatic nitrogens is 2. The number of carboxylic acid groups (broad SMARTS) is 2. The van der Waals surface area contributed by atoms with Gasteiger partial charge in [0.15, 0.2) is 6.10 Å². The van der Waals surface area contributed by atoms with Gasteiger partial charge in [0, 0.05) is 11.3 Å². The van der Waals surface area contributed by atoms with Crippen molar-refractivity contribution in [3.8, 4) is 16.9 Å². The quantitative estimate of drug-likeness (QED) is 0.583. The first-order valence-corrected chi connectivity index (χ1v) is 10.9. The fourth-order valence-electron chi connectivity index (χ4n) is 4.53. The number of carboxylic acids is 2. The predicted molar refractivity (Wildman–Crippen MR) is 122 cm³/mol. The van der Waals surface area contributed by atoms with Crippen molar-refractivity contribution in [2.24, 2.45) is 0 Å². The Labute approximate surface area is 191 Å². The molecule has 0 saturated heterocycles. The zero-order valence-electron chi connectivity index (χ0n) is 19.4. The lowest BCUT2D eigenvalue weighted by Gasteiger charge is -2.29. The molecule has 0 spiro atoms. The maximum atomic E-state index is 12.4. The smallest absolute Gasteiger partial charge is 0.339 e. The predicted octanol–water partition coefficient (Wildman–Crippen LogP) is 4.58. The first-order valence-electron chi connectivity index (χ1n) is 10.9. The van der Waals surface area contributed by atoms with E-state index in [2.05, 4.69) is 5.10 Å². The van der Waals surface area contributed by atoms with Gasteiger partial charge in [0.2, 0.25) is 0 Å². The molecule has 0 saturated carbocycles. The average Bonchev–Trinajstić information content (AvgIpc) is 3.20. The highest BCUT2D eigenvalue weighted by Crippen LogP contribution is 2.41. The van der Waals surface area contributed by atoms with E-state index in [1.807, 2.05) is 18.2 Å². The minimum Gasteiger partial charge on any atom is -0.493 e. The van der Waals surface area contributed by atoms with Crippen LogP contribution in [0.2, 0.25) is 0 Å². The number of aryl methyl sites for hydroxylation is 3. The molecule has 4 rings (SSSR count). The SMILES string of the molecule is Cc1c(-c2ccc3c(c2)CCCO3)c([C@H](OC(C)(C)C)C(=O)O)c(C)n2ncc(C(=O)O)c12. The summed E-state index contributed by atoms with van der Waals surface area (Å²) >= 11 is 0. The molecule has 0 bridgehead atoms. The van der Waals surface area contributed by atoms with E-state index in [1.54, 1.807) is 34.6 Å². The molecule has 0 unspecified atom stereocenters. The summed E-state index contributed by atoms with van der Waals surface area (Å²) in [4.78, 5) is 24.3. The average molecular weight is 453 g/mol. The van der Waals surface area contributed by atoms with Crippen molar-refractivity contribution in [3.05, 3.63) is 52.3 Å². The van der Waals surface area contributed by atoms with Crippen LogP contribution in [0.5, 0.6) is 5.75 Å². The van der Waals surface area contributed by atoms with Crippen LogP contribution in [0.3, 0.4) is 0 Å². The summed E-state index contributed by atoms with van der Waals surface area (Å²) in [6, 6.07) is 5.78. The molecular formula is C25H28N2O6. The number of carbonyl (C=O) groups is 2. The summed E-state index contributed by atoms with van der Waals surface area (Å²) in [5, 5.41) is 24.2. The van der Waals surface area contributed by atoms with Crippen LogP contribution >= 0.6 is 0 Å². The number of benzene rings is 1. The van der Waals surface area contributed by atoms with E-state index in [-0.39, 0.29) is 5.56 Å². The normalized spacial score (nSPS) is 14.6. The maximum Gasteiger partial charge on any atom is 0.339 e. The largest absolute Gasteiger partial charge is 0.493 e. The monoisotopic (exact) mass is 452 g/mol. The second-order valence-electron chi connectivity index (χ2n) is 9.35. The molecule has 0 amide bonds. The van der Waals surface area contributed by atoms with Gasteiger partial charge in [0.1, 0.15) is 11.3 Å². The van der Waals surface area contributed by atoms with E-state index in [0.29, 0.717) is 34.5 Å². The molecule has 1 aromatic carbocycles. The topological polar surface area (TPSA) is 110 Å². The zero-order chi connectivity index (χ0) is 24.1. The van der Waals surface area contributed by atoms with Gasteiger partial charge in [-0.15, -0.1) is 0 Å². The Hall–Kier alpha value is -3.39. The minimum absolute atomic E-state index is 0.0632. The molecule has 0 radical (unpaired) electrons. The number of ether oxygens (including phenoxy) is 2. The van der Waals surface area contributed by atoms with Crippen LogP contribution in [0.1, 0.15) is 66.0 Å². The second kappa shape index (κ2) is 8.19. The minimum atomic E-state index is -1.27. The van der Waals surface area contributed by atoms with Crippen LogP contribution in [-0.4, -0.2) is 44.0 Å². The molecular weight excluding hydrogens is 424 g/mol. The molecule has 174 valence electrons. The van der Waals surface area contributed by atoms with Gasteiger partial charge in [0.05, 0.1) is 23.9 Å². The highest BCUT2D eigenvalue weighted by atomic mass is 16.5. The van der Waals surface area contributed by atoms with Gasteiger partial charge in [-0.3, -0.25) is 0 Å². The summed E-state index contributed by atoms with van der Waals surface area (Å²) in [5.41, 5.74) is 3.86. The van der Waals surface area contributed by atoms with Crippen LogP contribution in [0.25, 0.3) is 16.6 Å². The number of aromatic carboxylic acids is 1. The van der Waals surface area contributed by atoms with Gasteiger partial charge in [-0.1, -0.05) is 6.07 Å². The highest BCUT2D eigenvalue weighted by molar-refractivity contribution is 5.98. The zero-order valence-corrected chi connectivity index (χ0v) is 19.4.